The minimum atomic E-state index is -0.829. The number of rotatable bonds is 2. The number of benzene rings is 1. The van der Waals surface area contributed by atoms with Gasteiger partial charge < -0.3 is 14.7 Å². The van der Waals surface area contributed by atoms with Crippen LogP contribution in [-0.2, 0) is 11.3 Å². The van der Waals surface area contributed by atoms with Crippen LogP contribution in [0, 0.1) is 5.92 Å². The van der Waals surface area contributed by atoms with Crippen molar-refractivity contribution in [1.82, 2.24) is 4.90 Å². The van der Waals surface area contributed by atoms with Gasteiger partial charge in [-0.2, -0.15) is 0 Å². The first kappa shape index (κ1) is 13.9. The molecule has 0 unspecified atom stereocenters. The number of amides is 1. The third-order valence-electron chi connectivity index (χ3n) is 3.87. The van der Waals surface area contributed by atoms with Crippen LogP contribution in [-0.4, -0.2) is 34.8 Å². The highest BCUT2D eigenvalue weighted by atomic mass is 16.6. The standard InChI is InChI=1S/C15H21NO3/c1-12-8-9-16(11-15(12,2)18)14(17)19-10-13-6-4-3-5-7-13/h3-7,12,18H,8-11H2,1-2H3/t12-,15+/m1/s1. The maximum atomic E-state index is 12.0. The summed E-state index contributed by atoms with van der Waals surface area (Å²) in [5.41, 5.74) is 0.136. The van der Waals surface area contributed by atoms with E-state index >= 15 is 0 Å². The fourth-order valence-electron chi connectivity index (χ4n) is 2.25. The average molecular weight is 263 g/mol. The Hall–Kier alpha value is -1.55. The van der Waals surface area contributed by atoms with E-state index in [1.165, 1.54) is 0 Å². The smallest absolute Gasteiger partial charge is 0.410 e. The lowest BCUT2D eigenvalue weighted by atomic mass is 9.84. The van der Waals surface area contributed by atoms with Crippen LogP contribution in [0.4, 0.5) is 4.79 Å². The molecule has 0 bridgehead atoms. The van der Waals surface area contributed by atoms with Crippen LogP contribution in [0.15, 0.2) is 30.3 Å². The fraction of sp³-hybridized carbons (Fsp3) is 0.533. The zero-order valence-electron chi connectivity index (χ0n) is 11.5. The average Bonchev–Trinajstić information content (AvgIpc) is 2.40. The van der Waals surface area contributed by atoms with Gasteiger partial charge in [0, 0.05) is 6.54 Å². The summed E-state index contributed by atoms with van der Waals surface area (Å²) in [6.45, 7) is 5.03. The van der Waals surface area contributed by atoms with Crippen LogP contribution in [0.25, 0.3) is 0 Å². The topological polar surface area (TPSA) is 49.8 Å². The van der Waals surface area contributed by atoms with Crippen molar-refractivity contribution in [3.8, 4) is 0 Å². The summed E-state index contributed by atoms with van der Waals surface area (Å²) in [7, 11) is 0. The van der Waals surface area contributed by atoms with Crippen LogP contribution >= 0.6 is 0 Å². The van der Waals surface area contributed by atoms with E-state index in [9.17, 15) is 9.90 Å². The van der Waals surface area contributed by atoms with E-state index in [2.05, 4.69) is 0 Å². The first-order valence-corrected chi connectivity index (χ1v) is 6.67. The Morgan fingerprint density at radius 3 is 2.79 bits per heavy atom. The summed E-state index contributed by atoms with van der Waals surface area (Å²) in [6.07, 6.45) is 0.448. The Morgan fingerprint density at radius 1 is 1.47 bits per heavy atom. The van der Waals surface area contributed by atoms with Gasteiger partial charge in [0.1, 0.15) is 6.61 Å². The number of likely N-dealkylation sites (tertiary alicyclic amines) is 1. The molecular formula is C15H21NO3. The molecule has 1 aliphatic rings. The van der Waals surface area contributed by atoms with Crippen LogP contribution in [0.3, 0.4) is 0 Å². The number of β-amino-alcohol motifs (C(OH)–C–C–N with tert-alkyl or cyclic N) is 1. The van der Waals surface area contributed by atoms with E-state index < -0.39 is 5.60 Å². The molecule has 0 aromatic heterocycles. The summed E-state index contributed by atoms with van der Waals surface area (Å²) < 4.78 is 5.27. The summed E-state index contributed by atoms with van der Waals surface area (Å²) in [4.78, 5) is 13.5. The van der Waals surface area contributed by atoms with Crippen LogP contribution < -0.4 is 0 Å². The van der Waals surface area contributed by atoms with Crippen LogP contribution in [0.5, 0.6) is 0 Å². The molecule has 0 spiro atoms. The van der Waals surface area contributed by atoms with Crippen molar-refractivity contribution in [2.24, 2.45) is 5.92 Å². The number of carbonyl (C=O) groups excluding carboxylic acids is 1. The Labute approximate surface area is 114 Å². The molecule has 1 aromatic rings. The minimum absolute atomic E-state index is 0.200. The predicted octanol–water partition coefficient (Wildman–Crippen LogP) is 2.42. The summed E-state index contributed by atoms with van der Waals surface area (Å²) in [5.74, 6) is 0.200. The highest BCUT2D eigenvalue weighted by Crippen LogP contribution is 2.27. The molecule has 1 aromatic carbocycles. The van der Waals surface area contributed by atoms with Crippen molar-refractivity contribution in [2.75, 3.05) is 13.1 Å². The van der Waals surface area contributed by atoms with Gasteiger partial charge in [0.15, 0.2) is 0 Å². The van der Waals surface area contributed by atoms with Gasteiger partial charge in [-0.15, -0.1) is 0 Å². The Bertz CT molecular complexity index is 430. The molecule has 2 atom stereocenters. The van der Waals surface area contributed by atoms with Crippen LogP contribution in [0.2, 0.25) is 0 Å². The van der Waals surface area contributed by atoms with Gasteiger partial charge in [0.2, 0.25) is 0 Å². The molecule has 1 N–H and O–H groups in total. The molecule has 1 saturated heterocycles. The number of ether oxygens (including phenoxy) is 1. The largest absolute Gasteiger partial charge is 0.445 e. The molecule has 1 aliphatic heterocycles. The summed E-state index contributed by atoms with van der Waals surface area (Å²) in [5, 5.41) is 10.2. The second-order valence-corrected chi connectivity index (χ2v) is 5.51. The van der Waals surface area contributed by atoms with Gasteiger partial charge in [-0.3, -0.25) is 0 Å². The van der Waals surface area contributed by atoms with E-state index in [0.29, 0.717) is 13.1 Å². The van der Waals surface area contributed by atoms with Gasteiger partial charge in [-0.25, -0.2) is 4.79 Å². The van der Waals surface area contributed by atoms with Crippen LogP contribution in [0.1, 0.15) is 25.8 Å². The Morgan fingerprint density at radius 2 is 2.16 bits per heavy atom. The number of piperidine rings is 1. The van der Waals surface area contributed by atoms with Crippen molar-refractivity contribution >= 4 is 6.09 Å². The predicted molar refractivity (Wildman–Crippen MR) is 72.6 cm³/mol. The fourth-order valence-corrected chi connectivity index (χ4v) is 2.25. The molecule has 1 heterocycles. The van der Waals surface area contributed by atoms with Gasteiger partial charge in [0.05, 0.1) is 12.1 Å². The van der Waals surface area contributed by atoms with Crippen molar-refractivity contribution < 1.29 is 14.6 Å². The third kappa shape index (κ3) is 3.47. The summed E-state index contributed by atoms with van der Waals surface area (Å²) in [6, 6.07) is 9.59. The molecule has 19 heavy (non-hydrogen) atoms. The van der Waals surface area contributed by atoms with Gasteiger partial charge in [0.25, 0.3) is 0 Å². The quantitative estimate of drug-likeness (QED) is 0.891. The molecule has 104 valence electrons. The molecule has 0 saturated carbocycles. The maximum Gasteiger partial charge on any atom is 0.410 e. The lowest BCUT2D eigenvalue weighted by molar-refractivity contribution is -0.0540. The van der Waals surface area contributed by atoms with E-state index in [4.69, 9.17) is 4.74 Å². The van der Waals surface area contributed by atoms with E-state index in [1.54, 1.807) is 11.8 Å². The number of hydrogen-bond acceptors (Lipinski definition) is 3. The lowest BCUT2D eigenvalue weighted by Gasteiger charge is -2.40. The van der Waals surface area contributed by atoms with E-state index in [-0.39, 0.29) is 18.6 Å². The first-order valence-electron chi connectivity index (χ1n) is 6.67. The molecule has 1 amide bonds. The third-order valence-corrected chi connectivity index (χ3v) is 3.87. The second kappa shape index (κ2) is 5.61. The Balaban J connectivity index is 1.87. The van der Waals surface area contributed by atoms with E-state index in [1.807, 2.05) is 37.3 Å². The zero-order chi connectivity index (χ0) is 13.9. The monoisotopic (exact) mass is 263 g/mol. The van der Waals surface area contributed by atoms with Gasteiger partial charge in [-0.1, -0.05) is 37.3 Å². The van der Waals surface area contributed by atoms with Gasteiger partial charge >= 0.3 is 6.09 Å². The number of hydrogen-bond donors (Lipinski definition) is 1. The Kier molecular flexibility index (Phi) is 4.10. The number of aliphatic hydroxyl groups is 1. The molecule has 0 radical (unpaired) electrons. The second-order valence-electron chi connectivity index (χ2n) is 5.51. The van der Waals surface area contributed by atoms with Gasteiger partial charge in [-0.05, 0) is 24.8 Å². The van der Waals surface area contributed by atoms with E-state index in [0.717, 1.165) is 12.0 Å². The van der Waals surface area contributed by atoms with Crippen molar-refractivity contribution in [2.45, 2.75) is 32.5 Å². The minimum Gasteiger partial charge on any atom is -0.445 e. The SMILES string of the molecule is C[C@@H]1CCN(C(=O)OCc2ccccc2)C[C@]1(C)O. The molecule has 4 heteroatoms. The highest BCUT2D eigenvalue weighted by molar-refractivity contribution is 5.68. The van der Waals surface area contributed by atoms with Crippen molar-refractivity contribution in [3.05, 3.63) is 35.9 Å². The molecule has 0 aliphatic carbocycles. The molecule has 4 nitrogen and oxygen atoms in total. The number of nitrogens with zero attached hydrogens (tertiary/aromatic N) is 1. The molecule has 2 rings (SSSR count). The zero-order valence-corrected chi connectivity index (χ0v) is 11.5. The normalized spacial score (nSPS) is 27.1. The molecule has 1 fully saturated rings. The first-order chi connectivity index (χ1) is 8.99. The van der Waals surface area contributed by atoms with Crippen molar-refractivity contribution in [1.29, 1.82) is 0 Å². The lowest BCUT2D eigenvalue weighted by Crippen LogP contribution is -2.53. The van der Waals surface area contributed by atoms with Crippen molar-refractivity contribution in [3.63, 3.8) is 0 Å². The number of carbonyl (C=O) groups is 1. The summed E-state index contributed by atoms with van der Waals surface area (Å²) >= 11 is 0. The maximum absolute atomic E-state index is 12.0. The molecular weight excluding hydrogens is 242 g/mol. The highest BCUT2D eigenvalue weighted by Gasteiger charge is 2.37.